The molecular weight excluding hydrogens is 308 g/mol. The number of phenolic OH excluding ortho intramolecular Hbond substituents is 1. The number of aromatic hydroxyl groups is 1. The van der Waals surface area contributed by atoms with Crippen LogP contribution >= 0.6 is 0 Å². The summed E-state index contributed by atoms with van der Waals surface area (Å²) in [6.45, 7) is 8.72. The van der Waals surface area contributed by atoms with Gasteiger partial charge in [0.15, 0.2) is 5.75 Å². The van der Waals surface area contributed by atoms with Crippen LogP contribution in [-0.4, -0.2) is 16.8 Å². The van der Waals surface area contributed by atoms with Crippen LogP contribution in [0.25, 0.3) is 10.8 Å². The van der Waals surface area contributed by atoms with E-state index in [1.807, 2.05) is 0 Å². The number of nitrogens with two attached hydrogens (primary N) is 1. The fourth-order valence-corrected chi connectivity index (χ4v) is 2.07. The van der Waals surface area contributed by atoms with Crippen molar-refractivity contribution in [1.29, 1.82) is 0 Å². The van der Waals surface area contributed by atoms with Gasteiger partial charge in [-0.15, -0.1) is 10.2 Å². The molecule has 1 amide bonds. The van der Waals surface area contributed by atoms with Gasteiger partial charge in [-0.3, -0.25) is 5.32 Å². The van der Waals surface area contributed by atoms with Gasteiger partial charge < -0.3 is 15.6 Å². The van der Waals surface area contributed by atoms with Crippen LogP contribution in [0.15, 0.2) is 53.0 Å². The molecule has 126 valence electrons. The van der Waals surface area contributed by atoms with Crippen molar-refractivity contribution in [2.75, 3.05) is 5.32 Å². The normalized spacial score (nSPS) is 11.6. The number of carbonyl (C=O) groups excluding carboxylic acids is 1. The topological polar surface area (TPSA) is 109 Å². The highest BCUT2D eigenvalue weighted by Crippen LogP contribution is 2.39. The molecule has 4 N–H and O–H groups in total. The van der Waals surface area contributed by atoms with Crippen LogP contribution in [0.1, 0.15) is 20.8 Å². The largest absolute Gasteiger partial charge is 0.505 e. The van der Waals surface area contributed by atoms with Gasteiger partial charge in [0.2, 0.25) is 0 Å². The summed E-state index contributed by atoms with van der Waals surface area (Å²) in [5.74, 6) is -0.0983. The van der Waals surface area contributed by atoms with Crippen molar-refractivity contribution in [3.05, 3.63) is 42.7 Å². The molecule has 0 unspecified atom stereocenters. The van der Waals surface area contributed by atoms with Gasteiger partial charge in [0.1, 0.15) is 17.1 Å². The van der Waals surface area contributed by atoms with Gasteiger partial charge in [-0.2, -0.15) is 0 Å². The van der Waals surface area contributed by atoms with Gasteiger partial charge >= 0.3 is 6.09 Å². The van der Waals surface area contributed by atoms with E-state index >= 15 is 0 Å². The van der Waals surface area contributed by atoms with Crippen molar-refractivity contribution >= 4 is 28.2 Å². The molecular formula is C17H20N4O3. The second-order valence-corrected chi connectivity index (χ2v) is 6.16. The van der Waals surface area contributed by atoms with Crippen molar-refractivity contribution < 1.29 is 14.6 Å². The number of phenols is 1. The lowest BCUT2D eigenvalue weighted by atomic mass is 10.1. The Kier molecular flexibility index (Phi) is 4.73. The molecule has 0 heterocycles. The second-order valence-electron chi connectivity index (χ2n) is 6.16. The zero-order valence-corrected chi connectivity index (χ0v) is 13.8. The predicted molar refractivity (Wildman–Crippen MR) is 93.3 cm³/mol. The number of rotatable bonds is 3. The van der Waals surface area contributed by atoms with Crippen LogP contribution in [0.4, 0.5) is 16.2 Å². The molecule has 7 heteroatoms. The molecule has 0 aliphatic rings. The summed E-state index contributed by atoms with van der Waals surface area (Å²) in [6, 6.07) is 8.58. The molecule has 0 bridgehead atoms. The summed E-state index contributed by atoms with van der Waals surface area (Å²) in [5.41, 5.74) is 5.34. The first-order chi connectivity index (χ1) is 11.2. The Labute approximate surface area is 139 Å². The highest BCUT2D eigenvalue weighted by Gasteiger charge is 2.18. The van der Waals surface area contributed by atoms with Gasteiger partial charge in [-0.25, -0.2) is 4.79 Å². The molecule has 2 rings (SSSR count). The van der Waals surface area contributed by atoms with E-state index in [1.54, 1.807) is 51.1 Å². The van der Waals surface area contributed by atoms with E-state index in [9.17, 15) is 9.90 Å². The molecule has 2 aromatic carbocycles. The van der Waals surface area contributed by atoms with Crippen molar-refractivity contribution in [2.24, 2.45) is 16.0 Å². The third kappa shape index (κ3) is 4.22. The maximum atomic E-state index is 12.0. The number of ether oxygens (including phenoxy) is 1. The van der Waals surface area contributed by atoms with Crippen molar-refractivity contribution in [1.82, 2.24) is 0 Å². The fraction of sp³-hybridized carbons (Fsp3) is 0.235. The monoisotopic (exact) mass is 328 g/mol. The van der Waals surface area contributed by atoms with Crippen LogP contribution in [0.5, 0.6) is 5.75 Å². The summed E-state index contributed by atoms with van der Waals surface area (Å²) >= 11 is 0. The molecule has 0 spiro atoms. The summed E-state index contributed by atoms with van der Waals surface area (Å²) < 4.78 is 5.24. The first-order valence-corrected chi connectivity index (χ1v) is 7.28. The van der Waals surface area contributed by atoms with Gasteiger partial charge in [0.25, 0.3) is 0 Å². The summed E-state index contributed by atoms with van der Waals surface area (Å²) in [5, 5.41) is 21.8. The van der Waals surface area contributed by atoms with Gasteiger partial charge in [-0.1, -0.05) is 24.8 Å². The van der Waals surface area contributed by atoms with E-state index in [0.29, 0.717) is 11.1 Å². The van der Waals surface area contributed by atoms with Gasteiger partial charge in [-0.05, 0) is 38.3 Å². The van der Waals surface area contributed by atoms with Crippen molar-refractivity contribution in [3.8, 4) is 5.75 Å². The lowest BCUT2D eigenvalue weighted by molar-refractivity contribution is 0.0636. The van der Waals surface area contributed by atoms with E-state index in [1.165, 1.54) is 0 Å². The zero-order valence-electron chi connectivity index (χ0n) is 13.8. The Balaban J connectivity index is 2.45. The van der Waals surface area contributed by atoms with Crippen LogP contribution in [-0.2, 0) is 4.74 Å². The number of nitrogens with one attached hydrogen (secondary N) is 1. The molecule has 24 heavy (non-hydrogen) atoms. The Morgan fingerprint density at radius 3 is 2.62 bits per heavy atom. The Morgan fingerprint density at radius 2 is 2.00 bits per heavy atom. The molecule has 0 aliphatic heterocycles. The highest BCUT2D eigenvalue weighted by atomic mass is 16.6. The number of nitrogens with zero attached hydrogens (tertiary/aromatic N) is 2. The minimum atomic E-state index is -0.627. The van der Waals surface area contributed by atoms with Crippen molar-refractivity contribution in [2.45, 2.75) is 26.4 Å². The van der Waals surface area contributed by atoms with Crippen LogP contribution in [0.3, 0.4) is 0 Å². The molecule has 0 saturated heterocycles. The number of fused-ring (bicyclic) bond motifs is 1. The van der Waals surface area contributed by atoms with E-state index in [2.05, 4.69) is 22.1 Å². The third-order valence-corrected chi connectivity index (χ3v) is 2.92. The second kappa shape index (κ2) is 6.57. The molecule has 0 atom stereocenters. The SMILES string of the molecule is C=C(N)N=Nc1ccc2cccc(NC(=O)OC(C)(C)C)c2c1O. The van der Waals surface area contributed by atoms with E-state index in [0.717, 1.165) is 5.39 Å². The van der Waals surface area contributed by atoms with Crippen LogP contribution in [0.2, 0.25) is 0 Å². The molecule has 0 aromatic heterocycles. The van der Waals surface area contributed by atoms with E-state index < -0.39 is 11.7 Å². The Hall–Kier alpha value is -3.09. The van der Waals surface area contributed by atoms with Gasteiger partial charge in [0.05, 0.1) is 5.69 Å². The highest BCUT2D eigenvalue weighted by molar-refractivity contribution is 6.05. The molecule has 0 saturated carbocycles. The molecule has 7 nitrogen and oxygen atoms in total. The van der Waals surface area contributed by atoms with E-state index in [4.69, 9.17) is 10.5 Å². The summed E-state index contributed by atoms with van der Waals surface area (Å²) in [4.78, 5) is 12.0. The molecule has 0 radical (unpaired) electrons. The Bertz CT molecular complexity index is 822. The minimum Gasteiger partial charge on any atom is -0.505 e. The predicted octanol–water partition coefficient (Wildman–Crippen LogP) is 4.41. The molecule has 0 aliphatic carbocycles. The number of azo groups is 1. The number of carbonyl (C=O) groups is 1. The molecule has 2 aromatic rings. The van der Waals surface area contributed by atoms with Crippen LogP contribution < -0.4 is 11.1 Å². The number of hydrogen-bond donors (Lipinski definition) is 3. The standard InChI is InChI=1S/C17H20N4O3/c1-10(18)20-21-13-9-8-11-6-5-7-12(14(11)15(13)22)19-16(23)24-17(2,3)4/h5-9,22H,1,18H2,2-4H3,(H,19,23). The zero-order chi connectivity index (χ0) is 17.9. The third-order valence-electron chi connectivity index (χ3n) is 2.92. The van der Waals surface area contributed by atoms with E-state index in [-0.39, 0.29) is 17.3 Å². The Morgan fingerprint density at radius 1 is 1.29 bits per heavy atom. The lowest BCUT2D eigenvalue weighted by Gasteiger charge is -2.20. The smallest absolute Gasteiger partial charge is 0.412 e. The van der Waals surface area contributed by atoms with Crippen molar-refractivity contribution in [3.63, 3.8) is 0 Å². The number of anilines is 1. The average molecular weight is 328 g/mol. The maximum absolute atomic E-state index is 12.0. The summed E-state index contributed by atoms with van der Waals surface area (Å²) in [7, 11) is 0. The molecule has 0 fully saturated rings. The average Bonchev–Trinajstić information content (AvgIpc) is 2.44. The van der Waals surface area contributed by atoms with Crippen LogP contribution in [0, 0.1) is 0 Å². The first kappa shape index (κ1) is 17.3. The minimum absolute atomic E-state index is 0.0228. The maximum Gasteiger partial charge on any atom is 0.412 e. The van der Waals surface area contributed by atoms with Gasteiger partial charge in [0, 0.05) is 5.39 Å². The summed E-state index contributed by atoms with van der Waals surface area (Å²) in [6.07, 6.45) is -0.614. The number of benzene rings is 2. The quantitative estimate of drug-likeness (QED) is 0.725. The fourth-order valence-electron chi connectivity index (χ4n) is 2.07. The lowest BCUT2D eigenvalue weighted by Crippen LogP contribution is -2.27. The number of hydrogen-bond acceptors (Lipinski definition) is 6. The number of amides is 1. The first-order valence-electron chi connectivity index (χ1n) is 7.28.